The van der Waals surface area contributed by atoms with Crippen LogP contribution in [0.1, 0.15) is 30.1 Å². The first-order valence-corrected chi connectivity index (χ1v) is 13.9. The molecule has 0 unspecified atom stereocenters. The molecule has 202 valence electrons. The topological polar surface area (TPSA) is 92.6 Å². The van der Waals surface area contributed by atoms with E-state index in [4.69, 9.17) is 10.1 Å². The van der Waals surface area contributed by atoms with E-state index in [1.807, 2.05) is 48.5 Å². The molecule has 6 aromatic rings. The molecule has 7 rings (SSSR count). The lowest BCUT2D eigenvalue weighted by Gasteiger charge is -2.30. The average Bonchev–Trinajstić information content (AvgIpc) is 3.53. The van der Waals surface area contributed by atoms with Gasteiger partial charge in [0.2, 0.25) is 0 Å². The lowest BCUT2D eigenvalue weighted by molar-refractivity contribution is 0.201. The maximum atomic E-state index is 12.5. The van der Waals surface area contributed by atoms with Crippen LogP contribution in [0.3, 0.4) is 0 Å². The van der Waals surface area contributed by atoms with Crippen LogP contribution in [0.15, 0.2) is 108 Å². The number of fused-ring (bicyclic) bond motifs is 1. The van der Waals surface area contributed by atoms with Gasteiger partial charge in [0.1, 0.15) is 6.33 Å². The Hall–Kier alpha value is -4.95. The van der Waals surface area contributed by atoms with E-state index in [0.717, 1.165) is 66.5 Å². The summed E-state index contributed by atoms with van der Waals surface area (Å²) in [6, 6.07) is 28.4. The molecule has 41 heavy (non-hydrogen) atoms. The van der Waals surface area contributed by atoms with Crippen LogP contribution in [0, 0.1) is 0 Å². The van der Waals surface area contributed by atoms with Crippen LogP contribution < -0.4 is 5.56 Å². The molecule has 0 spiro atoms. The fourth-order valence-electron chi connectivity index (χ4n) is 5.61. The van der Waals surface area contributed by atoms with Crippen molar-refractivity contribution in [2.45, 2.75) is 25.3 Å². The van der Waals surface area contributed by atoms with Crippen LogP contribution in [0.4, 0.5) is 0 Å². The predicted octanol–water partition coefficient (Wildman–Crippen LogP) is 5.61. The van der Waals surface area contributed by atoms with Crippen molar-refractivity contribution in [3.05, 3.63) is 125 Å². The normalized spacial score (nSPS) is 14.4. The van der Waals surface area contributed by atoms with Gasteiger partial charge in [-0.15, -0.1) is 5.10 Å². The van der Waals surface area contributed by atoms with Gasteiger partial charge in [-0.3, -0.25) is 9.69 Å². The number of hydrogen-bond acceptors (Lipinski definition) is 6. The second-order valence-corrected chi connectivity index (χ2v) is 10.5. The maximum absolute atomic E-state index is 12.5. The molecular weight excluding hydrogens is 510 g/mol. The largest absolute Gasteiger partial charge is 0.328 e. The zero-order valence-electron chi connectivity index (χ0n) is 22.5. The third-order valence-electron chi connectivity index (χ3n) is 7.82. The minimum Gasteiger partial charge on any atom is -0.328 e. The monoisotopic (exact) mass is 539 g/mol. The number of H-pyrrole nitrogens is 1. The van der Waals surface area contributed by atoms with Crippen LogP contribution in [0.25, 0.3) is 39.1 Å². The Balaban J connectivity index is 1.06. The van der Waals surface area contributed by atoms with Crippen molar-refractivity contribution in [3.8, 4) is 28.2 Å². The minimum atomic E-state index is -0.129. The van der Waals surface area contributed by atoms with Crippen molar-refractivity contribution in [2.75, 3.05) is 13.1 Å². The highest BCUT2D eigenvalue weighted by atomic mass is 16.1. The first kappa shape index (κ1) is 25.0. The van der Waals surface area contributed by atoms with Crippen molar-refractivity contribution < 1.29 is 0 Å². The number of piperidine rings is 1. The Kier molecular flexibility index (Phi) is 6.66. The quantitative estimate of drug-likeness (QED) is 0.296. The highest BCUT2D eigenvalue weighted by Gasteiger charge is 2.24. The molecular formula is C33H29N7O. The molecule has 1 N–H and O–H groups in total. The van der Waals surface area contributed by atoms with E-state index >= 15 is 0 Å². The number of aromatic nitrogens is 6. The molecule has 1 saturated heterocycles. The summed E-state index contributed by atoms with van der Waals surface area (Å²) in [6.07, 6.45) is 7.25. The SMILES string of the molecule is O=c1[nH]ccc2nc(-c3ccc(CN4CCC(c5ncn(-c6ccccn6)n5)CC4)cc3)c(-c3ccccc3)cc12. The van der Waals surface area contributed by atoms with Crippen molar-refractivity contribution in [1.29, 1.82) is 0 Å². The van der Waals surface area contributed by atoms with Crippen molar-refractivity contribution in [2.24, 2.45) is 0 Å². The molecule has 1 aliphatic rings. The average molecular weight is 540 g/mol. The number of hydrogen-bond donors (Lipinski definition) is 1. The number of aromatic amines is 1. The standard InChI is InChI=1S/C33H29N7O/c41-33-28-20-27(24-6-2-1-3-7-24)31(37-29(28)13-17-35-33)25-11-9-23(10-12-25)21-39-18-14-26(15-19-39)32-36-22-40(38-32)30-8-4-5-16-34-30/h1-13,16-17,20,22,26H,14-15,18-19,21H2,(H,35,41). The number of benzene rings is 2. The molecule has 1 aliphatic heterocycles. The zero-order chi connectivity index (χ0) is 27.6. The van der Waals surface area contributed by atoms with Crippen molar-refractivity contribution in [1.82, 2.24) is 34.6 Å². The molecule has 2 aromatic carbocycles. The van der Waals surface area contributed by atoms with Gasteiger partial charge >= 0.3 is 0 Å². The Morgan fingerprint density at radius 3 is 2.44 bits per heavy atom. The highest BCUT2D eigenvalue weighted by molar-refractivity contribution is 5.91. The molecule has 8 nitrogen and oxygen atoms in total. The Labute approximate surface area is 237 Å². The van der Waals surface area contributed by atoms with Gasteiger partial charge in [-0.2, -0.15) is 0 Å². The van der Waals surface area contributed by atoms with Crippen LogP contribution >= 0.6 is 0 Å². The number of pyridine rings is 3. The first-order valence-electron chi connectivity index (χ1n) is 13.9. The maximum Gasteiger partial charge on any atom is 0.257 e. The lowest BCUT2D eigenvalue weighted by atomic mass is 9.95. The summed E-state index contributed by atoms with van der Waals surface area (Å²) in [6.45, 7) is 2.90. The Morgan fingerprint density at radius 1 is 0.854 bits per heavy atom. The molecule has 8 heteroatoms. The summed E-state index contributed by atoms with van der Waals surface area (Å²) in [5, 5.41) is 5.30. The van der Waals surface area contributed by atoms with Gasteiger partial charge in [-0.05, 0) is 61.3 Å². The molecule has 0 amide bonds. The van der Waals surface area contributed by atoms with E-state index in [2.05, 4.69) is 56.3 Å². The number of likely N-dealkylation sites (tertiary alicyclic amines) is 1. The molecule has 0 radical (unpaired) electrons. The summed E-state index contributed by atoms with van der Waals surface area (Å²) < 4.78 is 1.76. The predicted molar refractivity (Wildman–Crippen MR) is 160 cm³/mol. The fraction of sp³-hybridized carbons (Fsp3) is 0.182. The van der Waals surface area contributed by atoms with E-state index in [1.165, 1.54) is 5.56 Å². The van der Waals surface area contributed by atoms with Gasteiger partial charge in [0, 0.05) is 36.0 Å². The first-order chi connectivity index (χ1) is 20.2. The summed E-state index contributed by atoms with van der Waals surface area (Å²) in [5.41, 5.74) is 5.71. The molecule has 5 heterocycles. The van der Waals surface area contributed by atoms with Gasteiger partial charge in [0.25, 0.3) is 5.56 Å². The lowest BCUT2D eigenvalue weighted by Crippen LogP contribution is -2.32. The van der Waals surface area contributed by atoms with E-state index in [9.17, 15) is 4.79 Å². The number of nitrogens with one attached hydrogen (secondary N) is 1. The summed E-state index contributed by atoms with van der Waals surface area (Å²) >= 11 is 0. The molecule has 0 aliphatic carbocycles. The van der Waals surface area contributed by atoms with Crippen molar-refractivity contribution >= 4 is 10.9 Å². The second kappa shape index (κ2) is 10.9. The van der Waals surface area contributed by atoms with Gasteiger partial charge in [0.15, 0.2) is 11.6 Å². The van der Waals surface area contributed by atoms with Crippen LogP contribution in [-0.4, -0.2) is 47.7 Å². The molecule has 1 fully saturated rings. The van der Waals surface area contributed by atoms with Crippen LogP contribution in [0.5, 0.6) is 0 Å². The highest BCUT2D eigenvalue weighted by Crippen LogP contribution is 2.33. The van der Waals surface area contributed by atoms with E-state index in [-0.39, 0.29) is 5.56 Å². The third-order valence-corrected chi connectivity index (χ3v) is 7.82. The van der Waals surface area contributed by atoms with E-state index < -0.39 is 0 Å². The summed E-state index contributed by atoms with van der Waals surface area (Å²) in [5.74, 6) is 2.05. The second-order valence-electron chi connectivity index (χ2n) is 10.5. The summed E-state index contributed by atoms with van der Waals surface area (Å²) in [7, 11) is 0. The summed E-state index contributed by atoms with van der Waals surface area (Å²) in [4.78, 5) is 31.6. The van der Waals surface area contributed by atoms with Gasteiger partial charge in [-0.1, -0.05) is 60.7 Å². The molecule has 0 atom stereocenters. The van der Waals surface area contributed by atoms with Gasteiger partial charge in [-0.25, -0.2) is 19.6 Å². The van der Waals surface area contributed by atoms with Crippen LogP contribution in [-0.2, 0) is 6.54 Å². The Morgan fingerprint density at radius 2 is 1.66 bits per heavy atom. The third kappa shape index (κ3) is 5.17. The minimum absolute atomic E-state index is 0.129. The van der Waals surface area contributed by atoms with Crippen molar-refractivity contribution in [3.63, 3.8) is 0 Å². The van der Waals surface area contributed by atoms with Gasteiger partial charge < -0.3 is 4.98 Å². The number of rotatable bonds is 6. The molecule has 4 aromatic heterocycles. The van der Waals surface area contributed by atoms with Gasteiger partial charge in [0.05, 0.1) is 16.6 Å². The molecule has 0 bridgehead atoms. The molecule has 0 saturated carbocycles. The number of nitrogens with zero attached hydrogens (tertiary/aromatic N) is 6. The van der Waals surface area contributed by atoms with E-state index in [0.29, 0.717) is 16.8 Å². The van der Waals surface area contributed by atoms with E-state index in [1.54, 1.807) is 23.4 Å². The Bertz CT molecular complexity index is 1840. The zero-order valence-corrected chi connectivity index (χ0v) is 22.5. The fourth-order valence-corrected chi connectivity index (χ4v) is 5.61. The van der Waals surface area contributed by atoms with Crippen LogP contribution in [0.2, 0.25) is 0 Å². The smallest absolute Gasteiger partial charge is 0.257 e.